The first-order valence-corrected chi connectivity index (χ1v) is 15.8. The summed E-state index contributed by atoms with van der Waals surface area (Å²) in [5.74, 6) is -6.62. The molecule has 6 atom stereocenters. The highest BCUT2D eigenvalue weighted by Gasteiger charge is 2.58. The lowest BCUT2D eigenvalue weighted by atomic mass is 9.73. The summed E-state index contributed by atoms with van der Waals surface area (Å²) in [5, 5.41) is 15.8. The molecule has 2 aromatic rings. The molecule has 1 aliphatic heterocycles. The molecule has 1 saturated heterocycles. The fraction of sp³-hybridized carbons (Fsp3) is 0.517. The van der Waals surface area contributed by atoms with E-state index in [1.807, 2.05) is 6.92 Å². The van der Waals surface area contributed by atoms with Crippen molar-refractivity contribution in [1.29, 1.82) is 0 Å². The predicted molar refractivity (Wildman–Crippen MR) is 148 cm³/mol. The number of aliphatic hydroxyl groups is 1. The number of ether oxygens (including phenoxy) is 1. The molecule has 5 rings (SSSR count). The van der Waals surface area contributed by atoms with E-state index in [1.165, 1.54) is 12.1 Å². The van der Waals surface area contributed by atoms with Gasteiger partial charge < -0.3 is 20.5 Å². The minimum atomic E-state index is -4.09. The molecule has 8 nitrogen and oxygen atoms in total. The van der Waals surface area contributed by atoms with E-state index < -0.39 is 62.0 Å². The van der Waals surface area contributed by atoms with Gasteiger partial charge in [-0.1, -0.05) is 18.5 Å². The standard InChI is InChI=1S/C29H32ClF3N2O6S/c1-15-8-17-10-19(13-20(15)29(17,38)14-34-28(37)24-4-2-3-7-41-24)42(39,40)25-9-16(5-6-21(25)30)27(36)35-18-11-22(31)26(33)23(32)12-18/h5-6,9,11-12,15,17,19-20,24,38H,2-4,7-8,10,13-14H2,1H3,(H,34,37)(H,35,36)/t15-,17?,19+,20+,24?,29+/m0/s1. The van der Waals surface area contributed by atoms with Crippen molar-refractivity contribution >= 4 is 38.9 Å². The average Bonchev–Trinajstić information content (AvgIpc) is 3.07. The van der Waals surface area contributed by atoms with Crippen LogP contribution in [-0.4, -0.2) is 55.4 Å². The second-order valence-electron chi connectivity index (χ2n) is 11.6. The van der Waals surface area contributed by atoms with Crippen molar-refractivity contribution in [3.8, 4) is 0 Å². The van der Waals surface area contributed by atoms with Crippen molar-refractivity contribution < 1.29 is 41.0 Å². The summed E-state index contributed by atoms with van der Waals surface area (Å²) in [7, 11) is -4.09. The average molecular weight is 629 g/mol. The van der Waals surface area contributed by atoms with E-state index in [0.29, 0.717) is 31.6 Å². The van der Waals surface area contributed by atoms with E-state index in [9.17, 15) is 36.3 Å². The number of hydrogen-bond acceptors (Lipinski definition) is 6. The van der Waals surface area contributed by atoms with Crippen LogP contribution in [0, 0.1) is 35.2 Å². The number of benzene rings is 2. The summed E-state index contributed by atoms with van der Waals surface area (Å²) in [6, 6.07) is 4.81. The summed E-state index contributed by atoms with van der Waals surface area (Å²) in [4.78, 5) is 25.2. The zero-order chi connectivity index (χ0) is 30.4. The Hall–Kier alpha value is -2.67. The molecule has 3 fully saturated rings. The van der Waals surface area contributed by atoms with E-state index >= 15 is 0 Å². The lowest BCUT2D eigenvalue weighted by molar-refractivity contribution is -0.138. The van der Waals surface area contributed by atoms with E-state index in [0.717, 1.165) is 18.9 Å². The van der Waals surface area contributed by atoms with Gasteiger partial charge in [-0.25, -0.2) is 21.6 Å². The molecule has 2 bridgehead atoms. The second kappa shape index (κ2) is 11.8. The van der Waals surface area contributed by atoms with Gasteiger partial charge in [0.25, 0.3) is 5.91 Å². The number of carbonyl (C=O) groups excluding carboxylic acids is 2. The number of anilines is 1. The summed E-state index contributed by atoms with van der Waals surface area (Å²) >= 11 is 6.29. The largest absolute Gasteiger partial charge is 0.387 e. The lowest BCUT2D eigenvalue weighted by Gasteiger charge is -2.43. The normalized spacial score (nSPS) is 29.2. The molecular formula is C29H32ClF3N2O6S. The van der Waals surface area contributed by atoms with Crippen molar-refractivity contribution in [2.24, 2.45) is 17.8 Å². The van der Waals surface area contributed by atoms with Crippen LogP contribution in [0.3, 0.4) is 0 Å². The van der Waals surface area contributed by atoms with Crippen LogP contribution in [0.15, 0.2) is 35.2 Å². The zero-order valence-corrected chi connectivity index (χ0v) is 24.4. The maximum absolute atomic E-state index is 13.9. The minimum absolute atomic E-state index is 0.000872. The Morgan fingerprint density at radius 2 is 1.81 bits per heavy atom. The third-order valence-corrected chi connectivity index (χ3v) is 11.6. The third-order valence-electron chi connectivity index (χ3n) is 8.95. The van der Waals surface area contributed by atoms with Gasteiger partial charge in [-0.2, -0.15) is 0 Å². The lowest BCUT2D eigenvalue weighted by Crippen LogP contribution is -2.56. The molecule has 1 heterocycles. The van der Waals surface area contributed by atoms with Gasteiger partial charge in [-0.05, 0) is 74.5 Å². The summed E-state index contributed by atoms with van der Waals surface area (Å²) in [6.07, 6.45) is 2.70. The Morgan fingerprint density at radius 3 is 2.45 bits per heavy atom. The van der Waals surface area contributed by atoms with Gasteiger partial charge in [0.05, 0.1) is 20.8 Å². The highest BCUT2D eigenvalue weighted by atomic mass is 35.5. The number of rotatable bonds is 7. The first kappa shape index (κ1) is 30.8. The number of carbonyl (C=O) groups is 2. The summed E-state index contributed by atoms with van der Waals surface area (Å²) in [5.41, 5.74) is -1.77. The van der Waals surface area contributed by atoms with Gasteiger partial charge in [-0.15, -0.1) is 0 Å². The molecule has 2 aliphatic carbocycles. The highest BCUT2D eigenvalue weighted by molar-refractivity contribution is 7.92. The Labute approximate surface area is 246 Å². The van der Waals surface area contributed by atoms with Gasteiger partial charge in [0.15, 0.2) is 27.3 Å². The molecule has 0 radical (unpaired) electrons. The van der Waals surface area contributed by atoms with Gasteiger partial charge >= 0.3 is 0 Å². The van der Waals surface area contributed by atoms with Gasteiger partial charge in [0, 0.05) is 36.5 Å². The van der Waals surface area contributed by atoms with Crippen LogP contribution in [0.25, 0.3) is 0 Å². The monoisotopic (exact) mass is 628 g/mol. The summed E-state index contributed by atoms with van der Waals surface area (Å²) in [6.45, 7) is 2.47. The maximum atomic E-state index is 13.9. The molecule has 2 amide bonds. The quantitative estimate of drug-likeness (QED) is 0.385. The van der Waals surface area contributed by atoms with Crippen LogP contribution >= 0.6 is 11.6 Å². The van der Waals surface area contributed by atoms with Gasteiger partial charge in [0.1, 0.15) is 6.10 Å². The number of fused-ring (bicyclic) bond motifs is 2. The van der Waals surface area contributed by atoms with E-state index in [1.54, 1.807) is 0 Å². The molecule has 2 saturated carbocycles. The highest BCUT2D eigenvalue weighted by Crippen LogP contribution is 2.54. The molecule has 42 heavy (non-hydrogen) atoms. The van der Waals surface area contributed by atoms with Crippen molar-refractivity contribution in [3.05, 3.63) is 58.4 Å². The molecule has 0 spiro atoms. The fourth-order valence-electron chi connectivity index (χ4n) is 6.74. The predicted octanol–water partition coefficient (Wildman–Crippen LogP) is 4.63. The molecule has 3 N–H and O–H groups in total. The SMILES string of the molecule is C[C@H]1CC2C[C@@H](S(=O)(=O)c3cc(C(=O)Nc4cc(F)c(F)c(F)c4)ccc3Cl)C[C@H]1[C@@]2(O)CNC(=O)C1CCCCO1. The van der Waals surface area contributed by atoms with Gasteiger partial charge in [-0.3, -0.25) is 9.59 Å². The smallest absolute Gasteiger partial charge is 0.255 e. The first-order chi connectivity index (χ1) is 19.8. The number of hydrogen-bond donors (Lipinski definition) is 3. The Kier molecular flexibility index (Phi) is 8.63. The van der Waals surface area contributed by atoms with E-state index in [4.69, 9.17) is 16.3 Å². The molecule has 2 aromatic carbocycles. The number of amides is 2. The zero-order valence-electron chi connectivity index (χ0n) is 22.8. The topological polar surface area (TPSA) is 122 Å². The first-order valence-electron chi connectivity index (χ1n) is 13.9. The van der Waals surface area contributed by atoms with Crippen molar-refractivity contribution in [3.63, 3.8) is 0 Å². The minimum Gasteiger partial charge on any atom is -0.387 e. The maximum Gasteiger partial charge on any atom is 0.255 e. The van der Waals surface area contributed by atoms with Crippen LogP contribution in [-0.2, 0) is 19.4 Å². The van der Waals surface area contributed by atoms with Crippen molar-refractivity contribution in [1.82, 2.24) is 5.32 Å². The van der Waals surface area contributed by atoms with Crippen LogP contribution < -0.4 is 10.6 Å². The van der Waals surface area contributed by atoms with Gasteiger partial charge in [0.2, 0.25) is 5.91 Å². The Bertz CT molecular complexity index is 1480. The molecular weight excluding hydrogens is 597 g/mol. The number of sulfone groups is 1. The third kappa shape index (κ3) is 5.78. The second-order valence-corrected chi connectivity index (χ2v) is 14.2. The molecule has 2 unspecified atom stereocenters. The Balaban J connectivity index is 1.32. The van der Waals surface area contributed by atoms with Crippen LogP contribution in [0.5, 0.6) is 0 Å². The fourth-order valence-corrected chi connectivity index (χ4v) is 9.11. The van der Waals surface area contributed by atoms with E-state index in [2.05, 4.69) is 10.6 Å². The van der Waals surface area contributed by atoms with Crippen LogP contribution in [0.4, 0.5) is 18.9 Å². The van der Waals surface area contributed by atoms with Crippen molar-refractivity contribution in [2.75, 3.05) is 18.5 Å². The van der Waals surface area contributed by atoms with Crippen molar-refractivity contribution in [2.45, 2.75) is 67.3 Å². The van der Waals surface area contributed by atoms with E-state index in [-0.39, 0.29) is 52.4 Å². The molecule has 13 heteroatoms. The van der Waals surface area contributed by atoms with Crippen LogP contribution in [0.1, 0.15) is 55.8 Å². The molecule has 3 aliphatic rings. The summed E-state index contributed by atoms with van der Waals surface area (Å²) < 4.78 is 73.7. The molecule has 228 valence electrons. The Morgan fingerprint density at radius 1 is 1.10 bits per heavy atom. The number of halogens is 4. The molecule has 0 aromatic heterocycles. The van der Waals surface area contributed by atoms with Crippen LogP contribution in [0.2, 0.25) is 5.02 Å². The number of nitrogens with one attached hydrogen (secondary N) is 2.